The Kier molecular flexibility index (Phi) is 7.40. The topological polar surface area (TPSA) is 108 Å². The Morgan fingerprint density at radius 2 is 1.79 bits per heavy atom. The molecule has 2 amide bonds. The Morgan fingerprint density at radius 3 is 2.52 bits per heavy atom. The van der Waals surface area contributed by atoms with E-state index < -0.39 is 10.0 Å². The summed E-state index contributed by atoms with van der Waals surface area (Å²) in [7, 11) is -3.68. The van der Waals surface area contributed by atoms with Crippen molar-refractivity contribution in [2.45, 2.75) is 37.1 Å². The van der Waals surface area contributed by atoms with Gasteiger partial charge in [-0.3, -0.25) is 14.5 Å². The third kappa shape index (κ3) is 5.59. The molecule has 2 fully saturated rings. The summed E-state index contributed by atoms with van der Waals surface area (Å²) < 4.78 is 38.6. The number of hydrogen-bond donors (Lipinski definition) is 1. The molecule has 1 atom stereocenters. The van der Waals surface area contributed by atoms with Gasteiger partial charge in [0.2, 0.25) is 21.8 Å². The first-order valence-corrected chi connectivity index (χ1v) is 13.0. The van der Waals surface area contributed by atoms with Crippen molar-refractivity contribution in [3.05, 3.63) is 18.2 Å². The van der Waals surface area contributed by atoms with Gasteiger partial charge in [-0.15, -0.1) is 0 Å². The Labute approximate surface area is 194 Å². The lowest BCUT2D eigenvalue weighted by Crippen LogP contribution is -2.54. The summed E-state index contributed by atoms with van der Waals surface area (Å²) in [5.74, 6) is 1.01. The van der Waals surface area contributed by atoms with E-state index in [1.165, 1.54) is 16.4 Å². The quantitative estimate of drug-likeness (QED) is 0.623. The third-order valence-corrected chi connectivity index (χ3v) is 8.19. The summed E-state index contributed by atoms with van der Waals surface area (Å²) in [6.45, 7) is 5.63. The number of sulfonamides is 1. The fourth-order valence-corrected chi connectivity index (χ4v) is 5.89. The zero-order valence-corrected chi connectivity index (χ0v) is 19.8. The van der Waals surface area contributed by atoms with Crippen LogP contribution in [-0.2, 0) is 19.6 Å². The number of carbonyl (C=O) groups is 2. The van der Waals surface area contributed by atoms with Crippen LogP contribution in [-0.4, -0.2) is 99.4 Å². The predicted molar refractivity (Wildman–Crippen MR) is 121 cm³/mol. The molecule has 0 spiro atoms. The van der Waals surface area contributed by atoms with Gasteiger partial charge in [0.15, 0.2) is 11.5 Å². The average molecular weight is 481 g/mol. The molecule has 1 aromatic rings. The molecule has 3 aliphatic rings. The highest BCUT2D eigenvalue weighted by Gasteiger charge is 2.32. The second-order valence-corrected chi connectivity index (χ2v) is 10.5. The molecule has 0 radical (unpaired) electrons. The first-order chi connectivity index (χ1) is 15.9. The van der Waals surface area contributed by atoms with Crippen LogP contribution < -0.4 is 14.8 Å². The van der Waals surface area contributed by atoms with E-state index in [1.54, 1.807) is 11.0 Å². The summed E-state index contributed by atoms with van der Waals surface area (Å²) in [5, 5.41) is 3.01. The molecule has 1 N–H and O–H groups in total. The van der Waals surface area contributed by atoms with Crippen molar-refractivity contribution in [1.82, 2.24) is 19.4 Å². The molecule has 4 rings (SSSR count). The fraction of sp³-hybridized carbons (Fsp3) is 0.636. The van der Waals surface area contributed by atoms with Gasteiger partial charge in [0.1, 0.15) is 13.2 Å². The molecule has 33 heavy (non-hydrogen) atoms. The number of rotatable bonds is 6. The highest BCUT2D eigenvalue weighted by atomic mass is 32.2. The molecule has 2 saturated heterocycles. The zero-order valence-electron chi connectivity index (χ0n) is 19.0. The van der Waals surface area contributed by atoms with Gasteiger partial charge in [-0.05, 0) is 31.5 Å². The fourth-order valence-electron chi connectivity index (χ4n) is 4.45. The summed E-state index contributed by atoms with van der Waals surface area (Å²) in [6, 6.07) is 4.73. The van der Waals surface area contributed by atoms with Crippen LogP contribution in [0.4, 0.5) is 0 Å². The van der Waals surface area contributed by atoms with Crippen LogP contribution in [0.3, 0.4) is 0 Å². The number of benzene rings is 1. The van der Waals surface area contributed by atoms with Gasteiger partial charge in [0.25, 0.3) is 0 Å². The van der Waals surface area contributed by atoms with E-state index in [-0.39, 0.29) is 42.4 Å². The highest BCUT2D eigenvalue weighted by molar-refractivity contribution is 7.89. The van der Waals surface area contributed by atoms with Crippen LogP contribution in [0.2, 0.25) is 0 Å². The minimum atomic E-state index is -3.68. The summed E-state index contributed by atoms with van der Waals surface area (Å²) >= 11 is 0. The van der Waals surface area contributed by atoms with Crippen LogP contribution in [0.1, 0.15) is 26.2 Å². The number of nitrogens with zero attached hydrogens (tertiary/aromatic N) is 3. The van der Waals surface area contributed by atoms with Gasteiger partial charge < -0.3 is 19.7 Å². The lowest BCUT2D eigenvalue weighted by atomic mass is 10.1. The molecule has 0 aliphatic carbocycles. The highest BCUT2D eigenvalue weighted by Crippen LogP contribution is 2.33. The average Bonchev–Trinajstić information content (AvgIpc) is 2.84. The number of likely N-dealkylation sites (tertiary alicyclic amines) is 1. The smallest absolute Gasteiger partial charge is 0.243 e. The number of fused-ring (bicyclic) bond motifs is 1. The molecule has 0 bridgehead atoms. The van der Waals surface area contributed by atoms with Crippen LogP contribution in [0.15, 0.2) is 23.1 Å². The predicted octanol–water partition coefficient (Wildman–Crippen LogP) is 0.281. The number of piperazine rings is 1. The van der Waals surface area contributed by atoms with Crippen molar-refractivity contribution in [1.29, 1.82) is 0 Å². The van der Waals surface area contributed by atoms with Crippen molar-refractivity contribution in [2.24, 2.45) is 0 Å². The lowest BCUT2D eigenvalue weighted by Gasteiger charge is -2.37. The monoisotopic (exact) mass is 480 g/mol. The Hall–Kier alpha value is -2.37. The zero-order chi connectivity index (χ0) is 23.4. The van der Waals surface area contributed by atoms with E-state index >= 15 is 0 Å². The second kappa shape index (κ2) is 10.3. The largest absolute Gasteiger partial charge is 0.486 e. The maximum absolute atomic E-state index is 13.1. The Bertz CT molecular complexity index is 977. The third-order valence-electron chi connectivity index (χ3n) is 6.29. The van der Waals surface area contributed by atoms with E-state index in [4.69, 9.17) is 9.47 Å². The number of amides is 2. The molecule has 3 aliphatic heterocycles. The van der Waals surface area contributed by atoms with Gasteiger partial charge >= 0.3 is 0 Å². The van der Waals surface area contributed by atoms with Gasteiger partial charge in [-0.2, -0.15) is 4.31 Å². The molecule has 10 nitrogen and oxygen atoms in total. The molecule has 182 valence electrons. The van der Waals surface area contributed by atoms with Crippen LogP contribution >= 0.6 is 0 Å². The molecular formula is C22H32N4O6S. The van der Waals surface area contributed by atoms with E-state index in [0.29, 0.717) is 50.8 Å². The number of carbonyl (C=O) groups excluding carboxylic acids is 2. The molecule has 1 unspecified atom stereocenters. The van der Waals surface area contributed by atoms with Gasteiger partial charge in [0, 0.05) is 51.3 Å². The minimum Gasteiger partial charge on any atom is -0.486 e. The summed E-state index contributed by atoms with van der Waals surface area (Å²) in [4.78, 5) is 28.5. The maximum Gasteiger partial charge on any atom is 0.243 e. The molecule has 3 heterocycles. The Morgan fingerprint density at radius 1 is 1.06 bits per heavy atom. The molecule has 0 aromatic heterocycles. The number of ether oxygens (including phenoxy) is 2. The number of hydrogen-bond acceptors (Lipinski definition) is 7. The van der Waals surface area contributed by atoms with E-state index in [1.807, 2.05) is 6.92 Å². The van der Waals surface area contributed by atoms with Crippen molar-refractivity contribution in [3.63, 3.8) is 0 Å². The number of nitrogens with one attached hydrogen (secondary N) is 1. The van der Waals surface area contributed by atoms with Gasteiger partial charge in [0.05, 0.1) is 11.4 Å². The summed E-state index contributed by atoms with van der Waals surface area (Å²) in [6.07, 6.45) is 2.31. The lowest BCUT2D eigenvalue weighted by molar-refractivity contribution is -0.133. The van der Waals surface area contributed by atoms with E-state index in [0.717, 1.165) is 19.4 Å². The summed E-state index contributed by atoms with van der Waals surface area (Å²) in [5.41, 5.74) is 0. The first kappa shape index (κ1) is 23.8. The molecule has 11 heteroatoms. The first-order valence-electron chi connectivity index (χ1n) is 11.6. The SMILES string of the molecule is CCC(=O)NC1CCCN(CC(=O)N2CCN(S(=O)(=O)c3ccc4c(c3)OCCO4)CC2)C1. The van der Waals surface area contributed by atoms with Crippen molar-refractivity contribution in [2.75, 3.05) is 59.0 Å². The number of piperidine rings is 1. The van der Waals surface area contributed by atoms with Crippen molar-refractivity contribution in [3.8, 4) is 11.5 Å². The standard InChI is InChI=1S/C22H32N4O6S/c1-2-21(27)23-17-4-3-7-24(15-17)16-22(28)25-8-10-26(11-9-25)33(29,30)18-5-6-19-20(14-18)32-13-12-31-19/h5-6,14,17H,2-4,7-13,15-16H2,1H3,(H,23,27). The van der Waals surface area contributed by atoms with Crippen molar-refractivity contribution >= 4 is 21.8 Å². The Balaban J connectivity index is 1.30. The second-order valence-electron chi connectivity index (χ2n) is 8.59. The van der Waals surface area contributed by atoms with Crippen LogP contribution in [0.25, 0.3) is 0 Å². The van der Waals surface area contributed by atoms with E-state index in [9.17, 15) is 18.0 Å². The maximum atomic E-state index is 13.1. The van der Waals surface area contributed by atoms with Crippen LogP contribution in [0.5, 0.6) is 11.5 Å². The molecule has 1 aromatic carbocycles. The van der Waals surface area contributed by atoms with Gasteiger partial charge in [-0.1, -0.05) is 6.92 Å². The van der Waals surface area contributed by atoms with Crippen molar-refractivity contribution < 1.29 is 27.5 Å². The molecule has 0 saturated carbocycles. The van der Waals surface area contributed by atoms with E-state index in [2.05, 4.69) is 10.2 Å². The normalized spacial score (nSPS) is 22.1. The van der Waals surface area contributed by atoms with Gasteiger partial charge in [-0.25, -0.2) is 8.42 Å². The molecular weight excluding hydrogens is 448 g/mol. The minimum absolute atomic E-state index is 0.00570. The van der Waals surface area contributed by atoms with Crippen LogP contribution in [0, 0.1) is 0 Å².